The van der Waals surface area contributed by atoms with Crippen LogP contribution in [0, 0.1) is 0 Å². The topological polar surface area (TPSA) is 53.0 Å². The van der Waals surface area contributed by atoms with Crippen LogP contribution in [0.2, 0.25) is 10.0 Å². The summed E-state index contributed by atoms with van der Waals surface area (Å²) in [5.41, 5.74) is 2.05. The molecule has 0 radical (unpaired) electrons. The van der Waals surface area contributed by atoms with Crippen molar-refractivity contribution < 1.29 is 14.6 Å². The summed E-state index contributed by atoms with van der Waals surface area (Å²) < 4.78 is 5.52. The largest absolute Gasteiger partial charge is 0.444 e. The molecule has 1 unspecified atom stereocenters. The Bertz CT molecular complexity index is 1010. The van der Waals surface area contributed by atoms with Crippen LogP contribution in [0.3, 0.4) is 0 Å². The number of benzene rings is 2. The standard InChI is InChI=1S/C27H34Cl2N2O3/c1-26(2,3)34-25(32)31-15-13-30(14-16-31)18-22(27(33)11-4-12-27)20-7-5-19(6-8-20)21-9-10-23(28)24(29)17-21/h5-10,17,22,33H,4,11-16,18H2,1-3H3. The van der Waals surface area contributed by atoms with E-state index in [1.165, 1.54) is 0 Å². The number of piperazine rings is 1. The lowest BCUT2D eigenvalue weighted by Crippen LogP contribution is -2.53. The van der Waals surface area contributed by atoms with E-state index in [-0.39, 0.29) is 12.0 Å². The molecule has 1 aliphatic heterocycles. The number of rotatable bonds is 5. The van der Waals surface area contributed by atoms with Crippen molar-refractivity contribution in [3.05, 3.63) is 58.1 Å². The Balaban J connectivity index is 1.44. The third-order valence-electron chi connectivity index (χ3n) is 6.90. The van der Waals surface area contributed by atoms with E-state index >= 15 is 0 Å². The molecule has 0 aromatic heterocycles. The minimum Gasteiger partial charge on any atom is -0.444 e. The number of hydrogen-bond donors (Lipinski definition) is 1. The van der Waals surface area contributed by atoms with E-state index < -0.39 is 11.2 Å². The molecule has 1 aliphatic carbocycles. The van der Waals surface area contributed by atoms with Gasteiger partial charge in [0.15, 0.2) is 0 Å². The van der Waals surface area contributed by atoms with Crippen LogP contribution >= 0.6 is 23.2 Å². The summed E-state index contributed by atoms with van der Waals surface area (Å²) in [6, 6.07) is 14.1. The number of nitrogens with zero attached hydrogens (tertiary/aromatic N) is 2. The molecule has 0 bridgehead atoms. The number of carbonyl (C=O) groups excluding carboxylic acids is 1. The smallest absolute Gasteiger partial charge is 0.410 e. The van der Waals surface area contributed by atoms with Crippen molar-refractivity contribution in [3.8, 4) is 11.1 Å². The summed E-state index contributed by atoms with van der Waals surface area (Å²) in [5.74, 6) is 0.0252. The molecule has 2 aromatic carbocycles. The minimum atomic E-state index is -0.673. The molecule has 2 fully saturated rings. The van der Waals surface area contributed by atoms with E-state index in [4.69, 9.17) is 27.9 Å². The second kappa shape index (κ2) is 10.1. The molecule has 5 nitrogen and oxygen atoms in total. The van der Waals surface area contributed by atoms with Gasteiger partial charge in [-0.25, -0.2) is 4.79 Å². The van der Waals surface area contributed by atoms with Crippen molar-refractivity contribution >= 4 is 29.3 Å². The van der Waals surface area contributed by atoms with Gasteiger partial charge in [-0.3, -0.25) is 4.90 Å². The maximum Gasteiger partial charge on any atom is 0.410 e. The number of halogens is 2. The summed E-state index contributed by atoms with van der Waals surface area (Å²) in [5, 5.41) is 12.4. The first kappa shape index (κ1) is 25.3. The van der Waals surface area contributed by atoms with Crippen molar-refractivity contribution in [3.63, 3.8) is 0 Å². The molecule has 1 N–H and O–H groups in total. The van der Waals surface area contributed by atoms with Crippen molar-refractivity contribution in [2.24, 2.45) is 0 Å². The second-order valence-electron chi connectivity index (χ2n) is 10.5. The predicted molar refractivity (Wildman–Crippen MR) is 138 cm³/mol. The zero-order chi connectivity index (χ0) is 24.5. The van der Waals surface area contributed by atoms with Crippen molar-refractivity contribution in [2.45, 2.75) is 57.2 Å². The highest BCUT2D eigenvalue weighted by Crippen LogP contribution is 2.44. The predicted octanol–water partition coefficient (Wildman–Crippen LogP) is 6.21. The van der Waals surface area contributed by atoms with Gasteiger partial charge in [0, 0.05) is 38.6 Å². The van der Waals surface area contributed by atoms with Gasteiger partial charge in [-0.2, -0.15) is 0 Å². The first-order valence-electron chi connectivity index (χ1n) is 12.0. The molecule has 4 rings (SSSR count). The maximum absolute atomic E-state index is 12.4. The second-order valence-corrected chi connectivity index (χ2v) is 11.3. The van der Waals surface area contributed by atoms with E-state index in [9.17, 15) is 9.90 Å². The lowest BCUT2D eigenvalue weighted by atomic mass is 9.68. The van der Waals surface area contributed by atoms with Crippen LogP contribution in [0.15, 0.2) is 42.5 Å². The Morgan fingerprint density at radius 3 is 2.15 bits per heavy atom. The van der Waals surface area contributed by atoms with Gasteiger partial charge in [-0.15, -0.1) is 0 Å². The molecule has 1 heterocycles. The van der Waals surface area contributed by atoms with Gasteiger partial charge in [0.1, 0.15) is 5.60 Å². The van der Waals surface area contributed by atoms with Gasteiger partial charge < -0.3 is 14.7 Å². The molecule has 184 valence electrons. The quantitative estimate of drug-likeness (QED) is 0.525. The van der Waals surface area contributed by atoms with Crippen molar-refractivity contribution in [1.82, 2.24) is 9.80 Å². The maximum atomic E-state index is 12.4. The van der Waals surface area contributed by atoms with E-state index in [2.05, 4.69) is 29.2 Å². The fourth-order valence-electron chi connectivity index (χ4n) is 4.75. The van der Waals surface area contributed by atoms with Gasteiger partial charge >= 0.3 is 6.09 Å². The van der Waals surface area contributed by atoms with E-state index in [0.717, 1.165) is 55.6 Å². The van der Waals surface area contributed by atoms with Gasteiger partial charge in [0.25, 0.3) is 0 Å². The lowest BCUT2D eigenvalue weighted by Gasteiger charge is -2.46. The third kappa shape index (κ3) is 5.88. The van der Waals surface area contributed by atoms with Crippen LogP contribution in [0.5, 0.6) is 0 Å². The van der Waals surface area contributed by atoms with Crippen LogP contribution in [-0.4, -0.2) is 64.9 Å². The number of ether oxygens (including phenoxy) is 1. The van der Waals surface area contributed by atoms with Crippen molar-refractivity contribution in [1.29, 1.82) is 0 Å². The van der Waals surface area contributed by atoms with Crippen LogP contribution in [0.4, 0.5) is 4.79 Å². The first-order chi connectivity index (χ1) is 16.0. The van der Waals surface area contributed by atoms with Gasteiger partial charge in [0.2, 0.25) is 0 Å². The normalized spacial score (nSPS) is 19.4. The molecule has 1 saturated heterocycles. The molecule has 7 heteroatoms. The van der Waals surface area contributed by atoms with Gasteiger partial charge in [-0.1, -0.05) is 53.5 Å². The zero-order valence-corrected chi connectivity index (χ0v) is 21.7. The Morgan fingerprint density at radius 1 is 1.00 bits per heavy atom. The zero-order valence-electron chi connectivity index (χ0n) is 20.2. The molecule has 0 spiro atoms. The molecular formula is C27H34Cl2N2O3. The fraction of sp³-hybridized carbons (Fsp3) is 0.519. The average molecular weight is 505 g/mol. The number of carbonyl (C=O) groups is 1. The number of amides is 1. The fourth-order valence-corrected chi connectivity index (χ4v) is 5.05. The molecule has 1 saturated carbocycles. The third-order valence-corrected chi connectivity index (χ3v) is 7.64. The highest BCUT2D eigenvalue weighted by atomic mass is 35.5. The monoisotopic (exact) mass is 504 g/mol. The summed E-state index contributed by atoms with van der Waals surface area (Å²) >= 11 is 12.3. The Labute approximate surface area is 212 Å². The highest BCUT2D eigenvalue weighted by Gasteiger charge is 2.44. The summed E-state index contributed by atoms with van der Waals surface area (Å²) in [7, 11) is 0. The lowest BCUT2D eigenvalue weighted by molar-refractivity contribution is -0.0672. The molecule has 1 amide bonds. The van der Waals surface area contributed by atoms with Crippen LogP contribution in [0.25, 0.3) is 11.1 Å². The van der Waals surface area contributed by atoms with Crippen molar-refractivity contribution in [2.75, 3.05) is 32.7 Å². The van der Waals surface area contributed by atoms with E-state index in [1.54, 1.807) is 4.90 Å². The van der Waals surface area contributed by atoms with Gasteiger partial charge in [-0.05, 0) is 68.9 Å². The first-order valence-corrected chi connectivity index (χ1v) is 12.8. The summed E-state index contributed by atoms with van der Waals surface area (Å²) in [6.07, 6.45) is 2.45. The van der Waals surface area contributed by atoms with Crippen LogP contribution in [-0.2, 0) is 4.74 Å². The van der Waals surface area contributed by atoms with Crippen LogP contribution in [0.1, 0.15) is 51.5 Å². The highest BCUT2D eigenvalue weighted by molar-refractivity contribution is 6.42. The SMILES string of the molecule is CC(C)(C)OC(=O)N1CCN(CC(c2ccc(-c3ccc(Cl)c(Cl)c3)cc2)C2(O)CCC2)CC1. The van der Waals surface area contributed by atoms with E-state index in [0.29, 0.717) is 23.1 Å². The number of aliphatic hydroxyl groups is 1. The summed E-state index contributed by atoms with van der Waals surface area (Å²) in [6.45, 7) is 9.24. The van der Waals surface area contributed by atoms with Gasteiger partial charge in [0.05, 0.1) is 15.6 Å². The number of hydrogen-bond acceptors (Lipinski definition) is 4. The molecule has 1 atom stereocenters. The summed E-state index contributed by atoms with van der Waals surface area (Å²) in [4.78, 5) is 16.5. The Kier molecular flexibility index (Phi) is 7.49. The Morgan fingerprint density at radius 2 is 1.62 bits per heavy atom. The van der Waals surface area contributed by atoms with Crippen LogP contribution < -0.4 is 0 Å². The molecule has 2 aromatic rings. The molecule has 2 aliphatic rings. The molecule has 34 heavy (non-hydrogen) atoms. The Hall–Kier alpha value is -1.79. The molecular weight excluding hydrogens is 471 g/mol. The van der Waals surface area contributed by atoms with E-state index in [1.807, 2.05) is 39.0 Å². The minimum absolute atomic E-state index is 0.0252. The average Bonchev–Trinajstić information content (AvgIpc) is 2.77.